The molecular formula is C16H14FNO3. The number of carbonyl (C=O) groups is 2. The normalized spacial score (nSPS) is 11.7. The summed E-state index contributed by atoms with van der Waals surface area (Å²) in [6.07, 6.45) is 0.164. The largest absolute Gasteiger partial charge is 0.480 e. The fraction of sp³-hybridized carbons (Fsp3) is 0.125. The highest BCUT2D eigenvalue weighted by atomic mass is 19.1. The first kappa shape index (κ1) is 14.7. The van der Waals surface area contributed by atoms with Gasteiger partial charge in [0.25, 0.3) is 5.91 Å². The molecule has 0 aliphatic heterocycles. The molecule has 0 bridgehead atoms. The molecule has 4 nitrogen and oxygen atoms in total. The molecule has 108 valence electrons. The molecule has 2 aromatic carbocycles. The number of aliphatic carboxylic acids is 1. The third kappa shape index (κ3) is 4.14. The van der Waals surface area contributed by atoms with Crippen LogP contribution in [0.3, 0.4) is 0 Å². The van der Waals surface area contributed by atoms with Crippen molar-refractivity contribution >= 4 is 11.9 Å². The molecule has 0 aliphatic rings. The van der Waals surface area contributed by atoms with Crippen molar-refractivity contribution < 1.29 is 19.1 Å². The van der Waals surface area contributed by atoms with Gasteiger partial charge in [-0.15, -0.1) is 0 Å². The van der Waals surface area contributed by atoms with Crippen molar-refractivity contribution in [1.82, 2.24) is 5.32 Å². The van der Waals surface area contributed by atoms with Crippen LogP contribution in [0, 0.1) is 5.82 Å². The van der Waals surface area contributed by atoms with E-state index in [0.29, 0.717) is 0 Å². The van der Waals surface area contributed by atoms with E-state index in [1.807, 2.05) is 6.07 Å². The summed E-state index contributed by atoms with van der Waals surface area (Å²) < 4.78 is 13.1. The van der Waals surface area contributed by atoms with Crippen LogP contribution in [0.2, 0.25) is 0 Å². The Bertz CT molecular complexity index is 643. The molecule has 1 amide bonds. The number of nitrogens with one attached hydrogen (secondary N) is 1. The lowest BCUT2D eigenvalue weighted by Crippen LogP contribution is -2.42. The first-order chi connectivity index (χ1) is 10.1. The highest BCUT2D eigenvalue weighted by molar-refractivity contribution is 5.96. The fourth-order valence-corrected chi connectivity index (χ4v) is 1.92. The zero-order valence-corrected chi connectivity index (χ0v) is 11.1. The van der Waals surface area contributed by atoms with Gasteiger partial charge in [0, 0.05) is 12.0 Å². The molecule has 0 heterocycles. The summed E-state index contributed by atoms with van der Waals surface area (Å²) in [4.78, 5) is 23.2. The summed E-state index contributed by atoms with van der Waals surface area (Å²) in [6.45, 7) is 0. The zero-order chi connectivity index (χ0) is 15.2. The van der Waals surface area contributed by atoms with Gasteiger partial charge in [0.15, 0.2) is 0 Å². The van der Waals surface area contributed by atoms with E-state index in [9.17, 15) is 19.1 Å². The summed E-state index contributed by atoms with van der Waals surface area (Å²) in [7, 11) is 0. The predicted molar refractivity (Wildman–Crippen MR) is 75.4 cm³/mol. The van der Waals surface area contributed by atoms with E-state index in [0.717, 1.165) is 11.6 Å². The molecule has 2 aromatic rings. The number of halogens is 1. The number of rotatable bonds is 5. The number of carboxylic acid groups (broad SMARTS) is 1. The average Bonchev–Trinajstić information content (AvgIpc) is 2.47. The highest BCUT2D eigenvalue weighted by Gasteiger charge is 2.21. The van der Waals surface area contributed by atoms with Crippen LogP contribution in [-0.4, -0.2) is 23.0 Å². The van der Waals surface area contributed by atoms with Crippen molar-refractivity contribution in [3.8, 4) is 0 Å². The smallest absolute Gasteiger partial charge is 0.326 e. The van der Waals surface area contributed by atoms with Gasteiger partial charge in [0.2, 0.25) is 0 Å². The summed E-state index contributed by atoms with van der Waals surface area (Å²) >= 11 is 0. The van der Waals surface area contributed by atoms with Crippen molar-refractivity contribution in [2.24, 2.45) is 0 Å². The maximum Gasteiger partial charge on any atom is 0.326 e. The molecule has 0 aliphatic carbocycles. The lowest BCUT2D eigenvalue weighted by atomic mass is 10.1. The number of hydrogen-bond donors (Lipinski definition) is 2. The first-order valence-electron chi connectivity index (χ1n) is 6.39. The number of carboxylic acids is 1. The van der Waals surface area contributed by atoms with Crippen molar-refractivity contribution in [3.63, 3.8) is 0 Å². The maximum absolute atomic E-state index is 13.1. The number of benzene rings is 2. The van der Waals surface area contributed by atoms with Crippen molar-refractivity contribution in [2.75, 3.05) is 0 Å². The van der Waals surface area contributed by atoms with Crippen LogP contribution in [0.15, 0.2) is 54.6 Å². The van der Waals surface area contributed by atoms with Crippen LogP contribution in [0.25, 0.3) is 0 Å². The molecule has 0 fully saturated rings. The van der Waals surface area contributed by atoms with E-state index in [1.165, 1.54) is 18.2 Å². The van der Waals surface area contributed by atoms with Crippen LogP contribution >= 0.6 is 0 Å². The summed E-state index contributed by atoms with van der Waals surface area (Å²) in [6, 6.07) is 13.0. The first-order valence-corrected chi connectivity index (χ1v) is 6.39. The van der Waals surface area contributed by atoms with Gasteiger partial charge in [-0.05, 0) is 23.8 Å². The number of carbonyl (C=O) groups excluding carboxylic acids is 1. The minimum absolute atomic E-state index is 0.0920. The molecule has 5 heteroatoms. The van der Waals surface area contributed by atoms with E-state index < -0.39 is 23.7 Å². The second kappa shape index (κ2) is 6.65. The van der Waals surface area contributed by atoms with E-state index in [2.05, 4.69) is 5.32 Å². The third-order valence-electron chi connectivity index (χ3n) is 2.97. The van der Waals surface area contributed by atoms with Crippen molar-refractivity contribution in [3.05, 3.63) is 71.5 Å². The van der Waals surface area contributed by atoms with Crippen LogP contribution in [0.1, 0.15) is 15.9 Å². The Morgan fingerprint density at radius 1 is 1.10 bits per heavy atom. The number of amides is 1. The molecule has 0 unspecified atom stereocenters. The van der Waals surface area contributed by atoms with Gasteiger partial charge in [-0.1, -0.05) is 36.4 Å². The maximum atomic E-state index is 13.1. The van der Waals surface area contributed by atoms with Gasteiger partial charge in [-0.25, -0.2) is 9.18 Å². The Morgan fingerprint density at radius 3 is 2.43 bits per heavy atom. The molecule has 0 radical (unpaired) electrons. The van der Waals surface area contributed by atoms with Gasteiger partial charge < -0.3 is 10.4 Å². The average molecular weight is 287 g/mol. The number of hydrogen-bond acceptors (Lipinski definition) is 2. The van der Waals surface area contributed by atoms with Gasteiger partial charge in [-0.3, -0.25) is 4.79 Å². The van der Waals surface area contributed by atoms with Gasteiger partial charge in [-0.2, -0.15) is 0 Å². The minimum Gasteiger partial charge on any atom is -0.480 e. The van der Waals surface area contributed by atoms with Crippen LogP contribution in [0.5, 0.6) is 0 Å². The molecule has 21 heavy (non-hydrogen) atoms. The van der Waals surface area contributed by atoms with E-state index >= 15 is 0 Å². The van der Waals surface area contributed by atoms with Gasteiger partial charge in [0.1, 0.15) is 11.9 Å². The topological polar surface area (TPSA) is 66.4 Å². The van der Waals surface area contributed by atoms with Crippen LogP contribution < -0.4 is 5.32 Å². The molecule has 0 saturated carbocycles. The zero-order valence-electron chi connectivity index (χ0n) is 11.1. The Labute approximate surface area is 121 Å². The monoisotopic (exact) mass is 287 g/mol. The van der Waals surface area contributed by atoms with Crippen LogP contribution in [0.4, 0.5) is 4.39 Å². The summed E-state index contributed by atoms with van der Waals surface area (Å²) in [5.74, 6) is -2.29. The minimum atomic E-state index is -1.14. The Hall–Kier alpha value is -2.69. The van der Waals surface area contributed by atoms with Crippen molar-refractivity contribution in [1.29, 1.82) is 0 Å². The lowest BCUT2D eigenvalue weighted by Gasteiger charge is -2.14. The van der Waals surface area contributed by atoms with E-state index in [4.69, 9.17) is 0 Å². The molecule has 1 atom stereocenters. The van der Waals surface area contributed by atoms with Gasteiger partial charge >= 0.3 is 5.97 Å². The summed E-state index contributed by atoms with van der Waals surface area (Å²) in [5, 5.41) is 11.6. The quantitative estimate of drug-likeness (QED) is 0.886. The molecular weight excluding hydrogens is 273 g/mol. The Kier molecular flexibility index (Phi) is 4.66. The summed E-state index contributed by atoms with van der Waals surface area (Å²) in [5.41, 5.74) is 0.888. The molecule has 0 spiro atoms. The molecule has 2 rings (SSSR count). The van der Waals surface area contributed by atoms with Crippen molar-refractivity contribution in [2.45, 2.75) is 12.5 Å². The fourth-order valence-electron chi connectivity index (χ4n) is 1.92. The standard InChI is InChI=1S/C16H14FNO3/c17-13-8-4-7-12(10-13)15(19)18-14(16(20)21)9-11-5-2-1-3-6-11/h1-8,10,14H,9H2,(H,18,19)(H,20,21)/t14-/m0/s1. The third-order valence-corrected chi connectivity index (χ3v) is 2.97. The van der Waals surface area contributed by atoms with E-state index in [1.54, 1.807) is 24.3 Å². The second-order valence-corrected chi connectivity index (χ2v) is 4.56. The van der Waals surface area contributed by atoms with E-state index in [-0.39, 0.29) is 12.0 Å². The Balaban J connectivity index is 2.10. The lowest BCUT2D eigenvalue weighted by molar-refractivity contribution is -0.139. The predicted octanol–water partition coefficient (Wildman–Crippen LogP) is 2.25. The second-order valence-electron chi connectivity index (χ2n) is 4.56. The van der Waals surface area contributed by atoms with Gasteiger partial charge in [0.05, 0.1) is 0 Å². The van der Waals surface area contributed by atoms with Crippen LogP contribution in [-0.2, 0) is 11.2 Å². The molecule has 0 saturated heterocycles. The molecule has 0 aromatic heterocycles. The SMILES string of the molecule is O=C(N[C@@H](Cc1ccccc1)C(=O)O)c1cccc(F)c1. The Morgan fingerprint density at radius 2 is 1.81 bits per heavy atom. The molecule has 2 N–H and O–H groups in total. The highest BCUT2D eigenvalue weighted by Crippen LogP contribution is 2.07.